The number of fused-ring (bicyclic) bond motifs is 3. The molecule has 4 rings (SSSR count). The Balaban J connectivity index is 1.38. The minimum absolute atomic E-state index is 0.0696. The van der Waals surface area contributed by atoms with Gasteiger partial charge in [-0.05, 0) is 44.2 Å². The lowest BCUT2D eigenvalue weighted by molar-refractivity contribution is -0.122. The molecular formula is C21H30N4O2. The average molecular weight is 370 g/mol. The Morgan fingerprint density at radius 1 is 1.11 bits per heavy atom. The third kappa shape index (κ3) is 3.43. The topological polar surface area (TPSA) is 59.3 Å². The Labute approximate surface area is 160 Å². The van der Waals surface area contributed by atoms with Gasteiger partial charge < -0.3 is 5.32 Å². The summed E-state index contributed by atoms with van der Waals surface area (Å²) in [5.41, 5.74) is 2.09. The second-order valence-corrected chi connectivity index (χ2v) is 8.05. The second-order valence-electron chi connectivity index (χ2n) is 8.05. The third-order valence-electron chi connectivity index (χ3n) is 6.42. The summed E-state index contributed by atoms with van der Waals surface area (Å²) in [5.74, 6) is 0.170. The van der Waals surface area contributed by atoms with E-state index in [1.165, 1.54) is 12.8 Å². The van der Waals surface area contributed by atoms with Crippen LogP contribution in [0, 0.1) is 0 Å². The van der Waals surface area contributed by atoms with E-state index in [-0.39, 0.29) is 11.6 Å². The zero-order valence-electron chi connectivity index (χ0n) is 16.4. The van der Waals surface area contributed by atoms with E-state index in [2.05, 4.69) is 10.2 Å². The van der Waals surface area contributed by atoms with E-state index in [0.29, 0.717) is 24.5 Å². The maximum atomic E-state index is 12.6. The zero-order valence-corrected chi connectivity index (χ0v) is 16.4. The van der Waals surface area contributed by atoms with E-state index in [9.17, 15) is 9.59 Å². The monoisotopic (exact) mass is 370 g/mol. The number of carbonyl (C=O) groups is 1. The van der Waals surface area contributed by atoms with Crippen LogP contribution in [0.2, 0.25) is 0 Å². The highest BCUT2D eigenvalue weighted by Crippen LogP contribution is 2.35. The van der Waals surface area contributed by atoms with Gasteiger partial charge in [-0.2, -0.15) is 0 Å². The Kier molecular flexibility index (Phi) is 5.08. The molecule has 2 bridgehead atoms. The standard InChI is InChI=1S/C21H30N4O2/c1-3-20(26)22-15-13-16-9-10-17(14-15)24(16)11-6-12-25-19-8-5-4-7-18(19)23(2)21(25)27/h4-5,7-8,15-17H,3,6,9-14H2,1-2H3,(H,22,26)/t15?,16-,17?/m0/s1. The number of amides is 1. The molecule has 2 aromatic rings. The van der Waals surface area contributed by atoms with Crippen LogP contribution in [0.1, 0.15) is 45.4 Å². The molecule has 6 nitrogen and oxygen atoms in total. The van der Waals surface area contributed by atoms with Gasteiger partial charge in [-0.15, -0.1) is 0 Å². The number of piperidine rings is 1. The first-order chi connectivity index (χ1) is 13.1. The molecule has 1 aromatic carbocycles. The predicted molar refractivity (Wildman–Crippen MR) is 107 cm³/mol. The number of aromatic nitrogens is 2. The van der Waals surface area contributed by atoms with Gasteiger partial charge >= 0.3 is 5.69 Å². The Bertz CT molecular complexity index is 870. The summed E-state index contributed by atoms with van der Waals surface area (Å²) < 4.78 is 3.65. The number of aryl methyl sites for hydroxylation is 2. The molecule has 1 N–H and O–H groups in total. The fourth-order valence-corrected chi connectivity index (χ4v) is 5.08. The largest absolute Gasteiger partial charge is 0.353 e. The van der Waals surface area contributed by atoms with E-state index in [1.54, 1.807) is 4.57 Å². The van der Waals surface area contributed by atoms with Gasteiger partial charge in [-0.3, -0.25) is 18.8 Å². The molecule has 0 spiro atoms. The Morgan fingerprint density at radius 2 is 1.78 bits per heavy atom. The maximum absolute atomic E-state index is 12.6. The van der Waals surface area contributed by atoms with Crippen molar-refractivity contribution in [3.05, 3.63) is 34.7 Å². The van der Waals surface area contributed by atoms with Gasteiger partial charge in [0.05, 0.1) is 11.0 Å². The summed E-state index contributed by atoms with van der Waals surface area (Å²) in [6.45, 7) is 3.69. The molecule has 0 radical (unpaired) electrons. The van der Waals surface area contributed by atoms with Crippen molar-refractivity contribution in [2.45, 2.75) is 70.1 Å². The number of para-hydroxylation sites is 2. The van der Waals surface area contributed by atoms with E-state index in [1.807, 2.05) is 42.8 Å². The van der Waals surface area contributed by atoms with Crippen molar-refractivity contribution in [3.8, 4) is 0 Å². The zero-order chi connectivity index (χ0) is 19.0. The molecule has 3 atom stereocenters. The van der Waals surface area contributed by atoms with Crippen molar-refractivity contribution >= 4 is 16.9 Å². The normalized spacial score (nSPS) is 25.2. The van der Waals surface area contributed by atoms with Crippen molar-refractivity contribution in [1.29, 1.82) is 0 Å². The summed E-state index contributed by atoms with van der Waals surface area (Å²) >= 11 is 0. The predicted octanol–water partition coefficient (Wildman–Crippen LogP) is 2.25. The highest BCUT2D eigenvalue weighted by atomic mass is 16.2. The van der Waals surface area contributed by atoms with Crippen LogP contribution in [0.5, 0.6) is 0 Å². The molecule has 2 fully saturated rings. The van der Waals surface area contributed by atoms with Gasteiger partial charge in [0, 0.05) is 44.7 Å². The first kappa shape index (κ1) is 18.3. The second kappa shape index (κ2) is 7.50. The van der Waals surface area contributed by atoms with Crippen LogP contribution in [0.3, 0.4) is 0 Å². The fourth-order valence-electron chi connectivity index (χ4n) is 5.08. The van der Waals surface area contributed by atoms with Crippen molar-refractivity contribution < 1.29 is 4.79 Å². The van der Waals surface area contributed by atoms with Gasteiger partial charge in [-0.1, -0.05) is 19.1 Å². The fraction of sp³-hybridized carbons (Fsp3) is 0.619. The molecule has 2 aliphatic heterocycles. The van der Waals surface area contributed by atoms with Crippen LogP contribution in [0.15, 0.2) is 29.1 Å². The number of benzene rings is 1. The molecule has 0 saturated carbocycles. The van der Waals surface area contributed by atoms with E-state index in [0.717, 1.165) is 43.4 Å². The summed E-state index contributed by atoms with van der Waals surface area (Å²) in [5, 5.41) is 3.19. The quantitative estimate of drug-likeness (QED) is 0.848. The molecule has 2 aliphatic rings. The maximum Gasteiger partial charge on any atom is 0.328 e. The molecule has 27 heavy (non-hydrogen) atoms. The number of nitrogens with zero attached hydrogens (tertiary/aromatic N) is 3. The molecule has 146 valence electrons. The van der Waals surface area contributed by atoms with Crippen molar-refractivity contribution in [1.82, 2.24) is 19.4 Å². The highest BCUT2D eigenvalue weighted by Gasteiger charge is 2.40. The summed E-state index contributed by atoms with van der Waals surface area (Å²) in [6, 6.07) is 9.50. The SMILES string of the molecule is CCC(=O)NC1CC2CC[C@@H](C1)N2CCCn1c(=O)n(C)c2ccccc21. The van der Waals surface area contributed by atoms with Crippen molar-refractivity contribution in [2.24, 2.45) is 7.05 Å². The van der Waals surface area contributed by atoms with Crippen LogP contribution < -0.4 is 11.0 Å². The van der Waals surface area contributed by atoms with Gasteiger partial charge in [0.25, 0.3) is 0 Å². The third-order valence-corrected chi connectivity index (χ3v) is 6.42. The van der Waals surface area contributed by atoms with Crippen molar-refractivity contribution in [2.75, 3.05) is 6.54 Å². The average Bonchev–Trinajstić information content (AvgIpc) is 3.06. The lowest BCUT2D eigenvalue weighted by atomic mass is 9.97. The number of imidazole rings is 1. The minimum Gasteiger partial charge on any atom is -0.353 e. The smallest absolute Gasteiger partial charge is 0.328 e. The molecule has 6 heteroatoms. The van der Waals surface area contributed by atoms with Gasteiger partial charge in [-0.25, -0.2) is 4.79 Å². The number of hydrogen-bond acceptors (Lipinski definition) is 3. The summed E-state index contributed by atoms with van der Waals surface area (Å²) in [7, 11) is 1.84. The van der Waals surface area contributed by atoms with Crippen LogP contribution in [0.4, 0.5) is 0 Å². The molecule has 1 aromatic heterocycles. The first-order valence-corrected chi connectivity index (χ1v) is 10.3. The molecule has 1 amide bonds. The Hall–Kier alpha value is -2.08. The lowest BCUT2D eigenvalue weighted by Crippen LogP contribution is -2.50. The summed E-state index contributed by atoms with van der Waals surface area (Å²) in [4.78, 5) is 26.9. The lowest BCUT2D eigenvalue weighted by Gasteiger charge is -2.39. The highest BCUT2D eigenvalue weighted by molar-refractivity contribution is 5.76. The van der Waals surface area contributed by atoms with Crippen molar-refractivity contribution in [3.63, 3.8) is 0 Å². The summed E-state index contributed by atoms with van der Waals surface area (Å²) in [6.07, 6.45) is 6.14. The minimum atomic E-state index is 0.0696. The van der Waals surface area contributed by atoms with Crippen LogP contribution >= 0.6 is 0 Å². The number of rotatable bonds is 6. The first-order valence-electron chi connectivity index (χ1n) is 10.3. The van der Waals surface area contributed by atoms with E-state index < -0.39 is 0 Å². The molecular weight excluding hydrogens is 340 g/mol. The Morgan fingerprint density at radius 3 is 2.44 bits per heavy atom. The van der Waals surface area contributed by atoms with E-state index in [4.69, 9.17) is 0 Å². The molecule has 2 saturated heterocycles. The number of carbonyl (C=O) groups excluding carboxylic acids is 1. The van der Waals surface area contributed by atoms with E-state index >= 15 is 0 Å². The van der Waals surface area contributed by atoms with Gasteiger partial charge in [0.1, 0.15) is 0 Å². The number of hydrogen-bond donors (Lipinski definition) is 1. The molecule has 2 unspecified atom stereocenters. The number of nitrogens with one attached hydrogen (secondary N) is 1. The van der Waals surface area contributed by atoms with Crippen LogP contribution in [-0.2, 0) is 18.4 Å². The van der Waals surface area contributed by atoms with Crippen LogP contribution in [-0.4, -0.2) is 44.6 Å². The molecule has 3 heterocycles. The van der Waals surface area contributed by atoms with Crippen LogP contribution in [0.25, 0.3) is 11.0 Å². The van der Waals surface area contributed by atoms with Gasteiger partial charge in [0.2, 0.25) is 5.91 Å². The van der Waals surface area contributed by atoms with Gasteiger partial charge in [0.15, 0.2) is 0 Å². The molecule has 0 aliphatic carbocycles.